The summed E-state index contributed by atoms with van der Waals surface area (Å²) in [4.78, 5) is 18.1. The van der Waals surface area contributed by atoms with Gasteiger partial charge in [-0.1, -0.05) is 35.8 Å². The molecule has 2 atom stereocenters. The average Bonchev–Trinajstić information content (AvgIpc) is 3.08. The summed E-state index contributed by atoms with van der Waals surface area (Å²) in [5.41, 5.74) is 7.76. The van der Waals surface area contributed by atoms with E-state index in [1.807, 2.05) is 50.9 Å². The molecule has 3 N–H and O–H groups in total. The van der Waals surface area contributed by atoms with Gasteiger partial charge in [0.05, 0.1) is 18.7 Å². The summed E-state index contributed by atoms with van der Waals surface area (Å²) < 4.78 is 6.99. The topological polar surface area (TPSA) is 71.4 Å². The quantitative estimate of drug-likeness (QED) is 0.815. The first kappa shape index (κ1) is 18.4. The molecular weight excluding hydrogens is 382 g/mol. The number of fused-ring (bicyclic) bond motifs is 1. The van der Waals surface area contributed by atoms with E-state index in [9.17, 15) is 4.79 Å². The molecule has 2 heterocycles. The van der Waals surface area contributed by atoms with Gasteiger partial charge in [-0.2, -0.15) is 0 Å². The van der Waals surface area contributed by atoms with E-state index in [1.165, 1.54) is 5.56 Å². The lowest BCUT2D eigenvalue weighted by Crippen LogP contribution is -2.55. The number of aromatic amines is 1. The smallest absolute Gasteiger partial charge is 0.242 e. The molecule has 1 aromatic carbocycles. The van der Waals surface area contributed by atoms with Crippen molar-refractivity contribution in [1.29, 1.82) is 0 Å². The Hall–Kier alpha value is -1.37. The summed E-state index contributed by atoms with van der Waals surface area (Å²) >= 11 is 3.63. The Labute approximate surface area is 157 Å². The van der Waals surface area contributed by atoms with Gasteiger partial charge < -0.3 is 20.4 Å². The van der Waals surface area contributed by atoms with E-state index in [2.05, 4.69) is 27.0 Å². The lowest BCUT2D eigenvalue weighted by Gasteiger charge is -2.36. The van der Waals surface area contributed by atoms with Crippen molar-refractivity contribution in [2.24, 2.45) is 11.7 Å². The van der Waals surface area contributed by atoms with Gasteiger partial charge in [-0.05, 0) is 43.9 Å². The Balaban J connectivity index is 1.91. The molecule has 1 saturated heterocycles. The van der Waals surface area contributed by atoms with Crippen LogP contribution in [-0.2, 0) is 16.0 Å². The van der Waals surface area contributed by atoms with Crippen LogP contribution in [0.25, 0.3) is 10.9 Å². The monoisotopic (exact) mass is 407 g/mol. The Morgan fingerprint density at radius 2 is 2.20 bits per heavy atom. The van der Waals surface area contributed by atoms with Crippen molar-refractivity contribution in [2.45, 2.75) is 51.9 Å². The van der Waals surface area contributed by atoms with Crippen molar-refractivity contribution < 1.29 is 9.53 Å². The maximum absolute atomic E-state index is 13.0. The van der Waals surface area contributed by atoms with Crippen molar-refractivity contribution in [1.82, 2.24) is 9.88 Å². The predicted molar refractivity (Wildman–Crippen MR) is 103 cm³/mol. The molecular formula is C19H26BrN3O2. The molecule has 0 spiro atoms. The highest BCUT2D eigenvalue weighted by Gasteiger charge is 2.45. The van der Waals surface area contributed by atoms with E-state index >= 15 is 0 Å². The second kappa shape index (κ2) is 6.74. The van der Waals surface area contributed by atoms with Crippen LogP contribution >= 0.6 is 15.9 Å². The van der Waals surface area contributed by atoms with Crippen LogP contribution in [0.3, 0.4) is 0 Å². The number of carbonyl (C=O) groups is 1. The number of hydrogen-bond acceptors (Lipinski definition) is 3. The highest BCUT2D eigenvalue weighted by Crippen LogP contribution is 2.33. The first-order valence-corrected chi connectivity index (χ1v) is 9.49. The van der Waals surface area contributed by atoms with Gasteiger partial charge in [0.1, 0.15) is 5.72 Å². The number of benzene rings is 1. The average molecular weight is 408 g/mol. The van der Waals surface area contributed by atoms with Crippen LogP contribution < -0.4 is 5.73 Å². The van der Waals surface area contributed by atoms with Gasteiger partial charge in [0, 0.05) is 21.6 Å². The lowest BCUT2D eigenvalue weighted by molar-refractivity contribution is -0.148. The zero-order chi connectivity index (χ0) is 18.4. The number of carbonyl (C=O) groups excluding carboxylic acids is 1. The van der Waals surface area contributed by atoms with E-state index in [4.69, 9.17) is 10.5 Å². The maximum atomic E-state index is 13.0. The molecule has 2 aromatic rings. The van der Waals surface area contributed by atoms with Gasteiger partial charge in [0.15, 0.2) is 0 Å². The molecule has 1 aliphatic heterocycles. The predicted octanol–water partition coefficient (Wildman–Crippen LogP) is 3.42. The molecule has 136 valence electrons. The fraction of sp³-hybridized carbons (Fsp3) is 0.526. The van der Waals surface area contributed by atoms with Crippen LogP contribution in [0.5, 0.6) is 0 Å². The van der Waals surface area contributed by atoms with E-state index in [0.717, 1.165) is 21.8 Å². The lowest BCUT2D eigenvalue weighted by atomic mass is 9.99. The molecule has 0 bridgehead atoms. The molecule has 5 nitrogen and oxygen atoms in total. The minimum atomic E-state index is -0.641. The Morgan fingerprint density at radius 3 is 2.88 bits per heavy atom. The van der Waals surface area contributed by atoms with E-state index < -0.39 is 11.8 Å². The molecule has 0 saturated carbocycles. The first-order chi connectivity index (χ1) is 11.7. The van der Waals surface area contributed by atoms with Crippen LogP contribution in [0.4, 0.5) is 0 Å². The molecule has 6 heteroatoms. The standard InChI is InChI=1S/C19H26BrN3O2/c1-11(2)17(21)18(24)23-13(10-25-19(23,3)4)8-12-9-22-15-7-5-6-14(20)16(12)15/h5-7,9,11,13,17,22H,8,10,21H2,1-4H3/t13-,17-/m1/s1. The maximum Gasteiger partial charge on any atom is 0.242 e. The van der Waals surface area contributed by atoms with Gasteiger partial charge in [0.2, 0.25) is 5.91 Å². The van der Waals surface area contributed by atoms with Crippen LogP contribution in [0.1, 0.15) is 33.3 Å². The first-order valence-electron chi connectivity index (χ1n) is 8.69. The third-order valence-electron chi connectivity index (χ3n) is 5.01. The van der Waals surface area contributed by atoms with Crippen LogP contribution in [0, 0.1) is 5.92 Å². The fourth-order valence-electron chi connectivity index (χ4n) is 3.55. The number of nitrogens with zero attached hydrogens (tertiary/aromatic N) is 1. The van der Waals surface area contributed by atoms with E-state index in [-0.39, 0.29) is 17.9 Å². The number of amides is 1. The highest BCUT2D eigenvalue weighted by atomic mass is 79.9. The number of aromatic nitrogens is 1. The van der Waals surface area contributed by atoms with Gasteiger partial charge in [-0.25, -0.2) is 0 Å². The summed E-state index contributed by atoms with van der Waals surface area (Å²) in [6.07, 6.45) is 2.74. The van der Waals surface area contributed by atoms with Crippen LogP contribution in [-0.4, -0.2) is 40.2 Å². The third-order valence-corrected chi connectivity index (χ3v) is 5.67. The molecule has 3 rings (SSSR count). The van der Waals surface area contributed by atoms with Gasteiger partial charge in [-0.3, -0.25) is 4.79 Å². The Morgan fingerprint density at radius 1 is 1.48 bits per heavy atom. The zero-order valence-electron chi connectivity index (χ0n) is 15.2. The number of rotatable bonds is 4. The number of nitrogens with one attached hydrogen (secondary N) is 1. The van der Waals surface area contributed by atoms with Crippen LogP contribution in [0.15, 0.2) is 28.9 Å². The molecule has 1 fully saturated rings. The summed E-state index contributed by atoms with van der Waals surface area (Å²) in [5, 5.41) is 1.16. The molecule has 1 amide bonds. The minimum Gasteiger partial charge on any atom is -0.361 e. The normalized spacial score (nSPS) is 21.2. The summed E-state index contributed by atoms with van der Waals surface area (Å²) in [5.74, 6) is 0.0493. The highest BCUT2D eigenvalue weighted by molar-refractivity contribution is 9.10. The number of H-pyrrole nitrogens is 1. The van der Waals surface area contributed by atoms with Crippen molar-refractivity contribution in [3.05, 3.63) is 34.4 Å². The summed E-state index contributed by atoms with van der Waals surface area (Å²) in [6.45, 7) is 8.32. The second-order valence-electron chi connectivity index (χ2n) is 7.57. The van der Waals surface area contributed by atoms with E-state index in [0.29, 0.717) is 6.61 Å². The van der Waals surface area contributed by atoms with E-state index in [1.54, 1.807) is 0 Å². The SMILES string of the molecule is CC(C)[C@@H](N)C(=O)N1[C@H](Cc2c[nH]c3cccc(Br)c23)COC1(C)C. The van der Waals surface area contributed by atoms with Gasteiger partial charge >= 0.3 is 0 Å². The third kappa shape index (κ3) is 3.35. The molecule has 0 radical (unpaired) electrons. The number of halogens is 1. The number of ether oxygens (including phenoxy) is 1. The van der Waals surface area contributed by atoms with Crippen LogP contribution in [0.2, 0.25) is 0 Å². The minimum absolute atomic E-state index is 0.0293. The summed E-state index contributed by atoms with van der Waals surface area (Å²) in [7, 11) is 0. The van der Waals surface area contributed by atoms with Crippen molar-refractivity contribution in [3.8, 4) is 0 Å². The molecule has 1 aromatic heterocycles. The van der Waals surface area contributed by atoms with Crippen molar-refractivity contribution in [3.63, 3.8) is 0 Å². The molecule has 0 aliphatic carbocycles. The Bertz CT molecular complexity index is 784. The Kier molecular flexibility index (Phi) is 4.97. The number of nitrogens with two attached hydrogens (primary N) is 1. The largest absolute Gasteiger partial charge is 0.361 e. The molecule has 1 aliphatic rings. The number of hydrogen-bond donors (Lipinski definition) is 2. The van der Waals surface area contributed by atoms with Crippen molar-refractivity contribution >= 4 is 32.7 Å². The zero-order valence-corrected chi connectivity index (χ0v) is 16.8. The summed E-state index contributed by atoms with van der Waals surface area (Å²) in [6, 6.07) is 5.55. The van der Waals surface area contributed by atoms with Gasteiger partial charge in [-0.15, -0.1) is 0 Å². The molecule has 25 heavy (non-hydrogen) atoms. The molecule has 0 unspecified atom stereocenters. The van der Waals surface area contributed by atoms with Crippen molar-refractivity contribution in [2.75, 3.05) is 6.61 Å². The van der Waals surface area contributed by atoms with Gasteiger partial charge in [0.25, 0.3) is 0 Å². The fourth-order valence-corrected chi connectivity index (χ4v) is 4.17. The second-order valence-corrected chi connectivity index (χ2v) is 8.42.